The van der Waals surface area contributed by atoms with Crippen molar-refractivity contribution in [2.45, 2.75) is 19.1 Å². The van der Waals surface area contributed by atoms with E-state index < -0.39 is 0 Å². The van der Waals surface area contributed by atoms with Gasteiger partial charge in [-0.15, -0.1) is 0 Å². The average molecular weight is 317 g/mol. The lowest BCUT2D eigenvalue weighted by Crippen LogP contribution is -3.00. The summed E-state index contributed by atoms with van der Waals surface area (Å²) in [5.41, 5.74) is 0. The van der Waals surface area contributed by atoms with E-state index in [4.69, 9.17) is 4.74 Å². The van der Waals surface area contributed by atoms with Crippen molar-refractivity contribution in [2.75, 3.05) is 39.2 Å². The lowest BCUT2D eigenvalue weighted by Gasteiger charge is -2.33. The first-order valence-corrected chi connectivity index (χ1v) is 5.66. The van der Waals surface area contributed by atoms with E-state index >= 15 is 0 Å². The number of halogens is 1. The van der Waals surface area contributed by atoms with Gasteiger partial charge in [0.2, 0.25) is 0 Å². The first-order chi connectivity index (χ1) is 5.47. The van der Waals surface area contributed by atoms with E-state index in [1.165, 1.54) is 5.75 Å². The van der Waals surface area contributed by atoms with Crippen molar-refractivity contribution < 1.29 is 33.2 Å². The molecule has 1 aliphatic rings. The summed E-state index contributed by atoms with van der Waals surface area (Å²) in [7, 11) is 6.65. The fraction of sp³-hybridized carbons (Fsp3) is 1.00. The van der Waals surface area contributed by atoms with Crippen molar-refractivity contribution in [2.24, 2.45) is 0 Å². The second-order valence-corrected chi connectivity index (χ2v) is 5.65. The molecule has 0 radical (unpaired) electrons. The Kier molecular flexibility index (Phi) is 6.22. The van der Waals surface area contributed by atoms with Gasteiger partial charge in [-0.25, -0.2) is 0 Å². The number of quaternary nitrogens is 1. The molecule has 2 nitrogen and oxygen atoms in total. The lowest BCUT2D eigenvalue weighted by atomic mass is 10.3. The maximum absolute atomic E-state index is 5.83. The van der Waals surface area contributed by atoms with Crippen LogP contribution in [0.4, 0.5) is 0 Å². The van der Waals surface area contributed by atoms with Crippen LogP contribution in [0.15, 0.2) is 0 Å². The van der Waals surface area contributed by atoms with Crippen LogP contribution in [-0.4, -0.2) is 55.9 Å². The molecule has 4 heteroatoms. The minimum atomic E-state index is 0. The van der Waals surface area contributed by atoms with E-state index in [1.54, 1.807) is 0 Å². The maximum Gasteiger partial charge on any atom is 0.116 e. The largest absolute Gasteiger partial charge is 1.00 e. The third kappa shape index (κ3) is 6.14. The van der Waals surface area contributed by atoms with Gasteiger partial charge in [0, 0.05) is 11.5 Å². The van der Waals surface area contributed by atoms with E-state index in [0.29, 0.717) is 12.2 Å². The fourth-order valence-corrected chi connectivity index (χ4v) is 2.47. The van der Waals surface area contributed by atoms with Crippen LogP contribution >= 0.6 is 11.8 Å². The zero-order valence-corrected chi connectivity index (χ0v) is 11.9. The van der Waals surface area contributed by atoms with E-state index in [9.17, 15) is 0 Å². The summed E-state index contributed by atoms with van der Waals surface area (Å²) in [6.45, 7) is 3.28. The molecule has 1 heterocycles. The molecule has 0 bridgehead atoms. The van der Waals surface area contributed by atoms with E-state index in [1.807, 2.05) is 11.8 Å². The van der Waals surface area contributed by atoms with Crippen molar-refractivity contribution in [3.63, 3.8) is 0 Å². The zero-order chi connectivity index (χ0) is 9.19. The molecular formula is C9H20INOS. The Morgan fingerprint density at radius 1 is 1.31 bits per heavy atom. The van der Waals surface area contributed by atoms with Gasteiger partial charge in [-0.05, 0) is 6.92 Å². The van der Waals surface area contributed by atoms with Crippen LogP contribution in [0.2, 0.25) is 0 Å². The molecule has 0 aliphatic carbocycles. The second-order valence-electron chi connectivity index (χ2n) is 4.58. The van der Waals surface area contributed by atoms with E-state index in [-0.39, 0.29) is 24.0 Å². The van der Waals surface area contributed by atoms with Crippen LogP contribution in [0.1, 0.15) is 6.92 Å². The molecule has 0 unspecified atom stereocenters. The van der Waals surface area contributed by atoms with Gasteiger partial charge in [0.25, 0.3) is 0 Å². The standard InChI is InChI=1S/C9H20NOS.HI/c1-8-6-12-7-9(11-8)5-10(2,3)4;/h8-9H,5-7H2,1-4H3;1H/q+1;/p-1/t8-,9+;/m0./s1. The van der Waals surface area contributed by atoms with E-state index in [2.05, 4.69) is 28.1 Å². The third-order valence-electron chi connectivity index (χ3n) is 1.83. The monoisotopic (exact) mass is 317 g/mol. The van der Waals surface area contributed by atoms with E-state index in [0.717, 1.165) is 16.8 Å². The van der Waals surface area contributed by atoms with Gasteiger partial charge in [0.1, 0.15) is 12.6 Å². The van der Waals surface area contributed by atoms with Crippen LogP contribution in [-0.2, 0) is 4.74 Å². The minimum Gasteiger partial charge on any atom is -1.00 e. The van der Waals surface area contributed by atoms with Crippen LogP contribution in [0, 0.1) is 0 Å². The summed E-state index contributed by atoms with van der Waals surface area (Å²) < 4.78 is 6.82. The first-order valence-electron chi connectivity index (χ1n) is 4.51. The average Bonchev–Trinajstić information content (AvgIpc) is 1.82. The molecular weight excluding hydrogens is 297 g/mol. The smallest absolute Gasteiger partial charge is 0.116 e. The van der Waals surface area contributed by atoms with Crippen molar-refractivity contribution in [1.29, 1.82) is 0 Å². The number of hydrogen-bond acceptors (Lipinski definition) is 2. The van der Waals surface area contributed by atoms with Gasteiger partial charge in [-0.1, -0.05) is 0 Å². The van der Waals surface area contributed by atoms with Gasteiger partial charge in [0.05, 0.1) is 27.2 Å². The highest BCUT2D eigenvalue weighted by molar-refractivity contribution is 7.99. The molecule has 0 aromatic heterocycles. The summed E-state index contributed by atoms with van der Waals surface area (Å²) in [4.78, 5) is 0. The molecule has 0 spiro atoms. The summed E-state index contributed by atoms with van der Waals surface area (Å²) in [6.07, 6.45) is 0.902. The fourth-order valence-electron chi connectivity index (χ4n) is 1.48. The SMILES string of the molecule is C[C@H]1CSC[C@@H](C[N+](C)(C)C)O1.[I-]. The predicted octanol–water partition coefficient (Wildman–Crippen LogP) is -1.78. The second kappa shape index (κ2) is 5.78. The highest BCUT2D eigenvalue weighted by Crippen LogP contribution is 2.19. The number of thioether (sulfide) groups is 1. The van der Waals surface area contributed by atoms with Crippen LogP contribution < -0.4 is 24.0 Å². The lowest BCUT2D eigenvalue weighted by molar-refractivity contribution is -0.873. The van der Waals surface area contributed by atoms with Gasteiger partial charge in [-0.2, -0.15) is 11.8 Å². The molecule has 80 valence electrons. The Morgan fingerprint density at radius 3 is 2.38 bits per heavy atom. The summed E-state index contributed by atoms with van der Waals surface area (Å²) >= 11 is 2.02. The van der Waals surface area contributed by atoms with Crippen molar-refractivity contribution in [1.82, 2.24) is 0 Å². The van der Waals surface area contributed by atoms with Gasteiger partial charge in [-0.3, -0.25) is 0 Å². The number of rotatable bonds is 2. The normalized spacial score (nSPS) is 29.5. The summed E-state index contributed by atoms with van der Waals surface area (Å²) in [6, 6.07) is 0. The van der Waals surface area contributed by atoms with Crippen molar-refractivity contribution >= 4 is 11.8 Å². The quantitative estimate of drug-likeness (QED) is 0.440. The number of hydrogen-bond donors (Lipinski definition) is 0. The molecule has 1 fully saturated rings. The van der Waals surface area contributed by atoms with Gasteiger partial charge in [0.15, 0.2) is 0 Å². The molecule has 1 aliphatic heterocycles. The maximum atomic E-state index is 5.83. The number of nitrogens with zero attached hydrogens (tertiary/aromatic N) is 1. The first kappa shape index (κ1) is 14.0. The third-order valence-corrected chi connectivity index (χ3v) is 3.15. The molecule has 1 saturated heterocycles. The molecule has 2 atom stereocenters. The Bertz CT molecular complexity index is 149. The molecule has 0 amide bonds. The molecule has 0 N–H and O–H groups in total. The van der Waals surface area contributed by atoms with Gasteiger partial charge < -0.3 is 33.2 Å². The Balaban J connectivity index is 0.00000144. The van der Waals surface area contributed by atoms with Crippen LogP contribution in [0.3, 0.4) is 0 Å². The number of ether oxygens (including phenoxy) is 1. The Labute approximate surface area is 103 Å². The van der Waals surface area contributed by atoms with Crippen molar-refractivity contribution in [3.05, 3.63) is 0 Å². The zero-order valence-electron chi connectivity index (χ0n) is 8.92. The van der Waals surface area contributed by atoms with Crippen molar-refractivity contribution in [3.8, 4) is 0 Å². The molecule has 0 saturated carbocycles. The predicted molar refractivity (Wildman–Crippen MR) is 54.6 cm³/mol. The molecule has 0 aromatic carbocycles. The van der Waals surface area contributed by atoms with Crippen LogP contribution in [0.25, 0.3) is 0 Å². The van der Waals surface area contributed by atoms with Gasteiger partial charge >= 0.3 is 0 Å². The minimum absolute atomic E-state index is 0. The molecule has 13 heavy (non-hydrogen) atoms. The number of likely N-dealkylation sites (N-methyl/N-ethyl adjacent to an activating group) is 1. The Hall–Kier alpha value is 1.00. The Morgan fingerprint density at radius 2 is 1.92 bits per heavy atom. The highest BCUT2D eigenvalue weighted by atomic mass is 127. The summed E-state index contributed by atoms with van der Waals surface area (Å²) in [5.74, 6) is 2.33. The summed E-state index contributed by atoms with van der Waals surface area (Å²) in [5, 5.41) is 0. The molecule has 1 rings (SSSR count). The highest BCUT2D eigenvalue weighted by Gasteiger charge is 2.24. The molecule has 0 aromatic rings. The van der Waals surface area contributed by atoms with Crippen LogP contribution in [0.5, 0.6) is 0 Å². The topological polar surface area (TPSA) is 9.23 Å².